The molecule has 1 saturated carbocycles. The first-order chi connectivity index (χ1) is 15.1. The molecule has 2 aromatic heterocycles. The summed E-state index contributed by atoms with van der Waals surface area (Å²) in [6.07, 6.45) is 8.21. The number of ether oxygens (including phenoxy) is 2. The van der Waals surface area contributed by atoms with Gasteiger partial charge < -0.3 is 20.3 Å². The SMILES string of the molecule is NC(=O)[C@@H](O)C[C@H]1CCc2sc3nccc(OC4CCC(N5C[C@H]6OC[C@H]65)CC4)c3c21. The van der Waals surface area contributed by atoms with E-state index in [0.717, 1.165) is 54.8 Å². The number of aromatic nitrogens is 1. The Hall–Kier alpha value is -1.74. The lowest BCUT2D eigenvalue weighted by molar-refractivity contribution is -0.230. The van der Waals surface area contributed by atoms with Crippen molar-refractivity contribution in [3.05, 3.63) is 22.7 Å². The molecule has 6 rings (SSSR count). The predicted octanol–water partition coefficient (Wildman–Crippen LogP) is 2.34. The van der Waals surface area contributed by atoms with Crippen molar-refractivity contribution in [2.45, 2.75) is 81.3 Å². The van der Waals surface area contributed by atoms with Crippen molar-refractivity contribution in [2.24, 2.45) is 5.73 Å². The molecule has 8 heteroatoms. The van der Waals surface area contributed by atoms with Gasteiger partial charge in [-0.05, 0) is 62.5 Å². The van der Waals surface area contributed by atoms with Gasteiger partial charge in [0.25, 0.3) is 0 Å². The minimum Gasteiger partial charge on any atom is -0.490 e. The van der Waals surface area contributed by atoms with E-state index in [1.807, 2.05) is 12.3 Å². The molecule has 0 unspecified atom stereocenters. The van der Waals surface area contributed by atoms with Crippen LogP contribution < -0.4 is 10.5 Å². The van der Waals surface area contributed by atoms with E-state index in [1.54, 1.807) is 11.3 Å². The molecule has 2 aliphatic carbocycles. The van der Waals surface area contributed by atoms with Crippen LogP contribution in [0.1, 0.15) is 54.9 Å². The van der Waals surface area contributed by atoms with Crippen LogP contribution in [-0.2, 0) is 16.0 Å². The highest BCUT2D eigenvalue weighted by Crippen LogP contribution is 2.48. The summed E-state index contributed by atoms with van der Waals surface area (Å²) in [6, 6.07) is 3.32. The summed E-state index contributed by atoms with van der Waals surface area (Å²) in [5, 5.41) is 11.1. The van der Waals surface area contributed by atoms with Gasteiger partial charge >= 0.3 is 0 Å². The van der Waals surface area contributed by atoms with Gasteiger partial charge in [0.05, 0.1) is 30.2 Å². The van der Waals surface area contributed by atoms with Crippen molar-refractivity contribution < 1.29 is 19.4 Å². The summed E-state index contributed by atoms with van der Waals surface area (Å²) in [7, 11) is 0. The number of aliphatic hydroxyl groups excluding tert-OH is 1. The maximum Gasteiger partial charge on any atom is 0.246 e. The summed E-state index contributed by atoms with van der Waals surface area (Å²) < 4.78 is 12.1. The zero-order valence-corrected chi connectivity index (χ0v) is 18.4. The summed E-state index contributed by atoms with van der Waals surface area (Å²) in [5.74, 6) is 0.377. The van der Waals surface area contributed by atoms with Crippen molar-refractivity contribution in [1.29, 1.82) is 0 Å². The Labute approximate surface area is 185 Å². The molecule has 3 fully saturated rings. The molecule has 4 heterocycles. The topological polar surface area (TPSA) is 97.9 Å². The quantitative estimate of drug-likeness (QED) is 0.711. The number of aryl methyl sites for hydroxylation is 1. The van der Waals surface area contributed by atoms with E-state index in [9.17, 15) is 9.90 Å². The van der Waals surface area contributed by atoms with Gasteiger partial charge in [0, 0.05) is 23.7 Å². The third-order valence-electron chi connectivity index (χ3n) is 7.77. The van der Waals surface area contributed by atoms with Crippen LogP contribution in [0, 0.1) is 0 Å². The highest BCUT2D eigenvalue weighted by Gasteiger charge is 2.50. The van der Waals surface area contributed by atoms with E-state index < -0.39 is 12.0 Å². The summed E-state index contributed by atoms with van der Waals surface area (Å²) in [4.78, 5) is 20.9. The number of pyridine rings is 1. The zero-order chi connectivity index (χ0) is 21.1. The molecule has 0 bridgehead atoms. The van der Waals surface area contributed by atoms with Crippen LogP contribution in [0.25, 0.3) is 10.2 Å². The highest BCUT2D eigenvalue weighted by molar-refractivity contribution is 7.19. The lowest BCUT2D eigenvalue weighted by atomic mass is 9.85. The molecule has 0 aromatic carbocycles. The Bertz CT molecular complexity index is 1000. The lowest BCUT2D eigenvalue weighted by Gasteiger charge is -2.58. The largest absolute Gasteiger partial charge is 0.490 e. The second kappa shape index (κ2) is 7.69. The van der Waals surface area contributed by atoms with E-state index in [1.165, 1.54) is 23.3 Å². The number of aliphatic hydroxyl groups is 1. The molecule has 1 amide bonds. The molecule has 0 radical (unpaired) electrons. The van der Waals surface area contributed by atoms with Crippen LogP contribution in [0.15, 0.2) is 12.3 Å². The fourth-order valence-corrected chi connectivity index (χ4v) is 7.21. The molecule has 0 spiro atoms. The zero-order valence-electron chi connectivity index (χ0n) is 17.5. The van der Waals surface area contributed by atoms with Crippen LogP contribution in [0.3, 0.4) is 0 Å². The second-order valence-electron chi connectivity index (χ2n) is 9.50. The number of nitrogens with two attached hydrogens (primary N) is 1. The molecular formula is C23H29N3O4S. The van der Waals surface area contributed by atoms with Crippen LogP contribution in [0.2, 0.25) is 0 Å². The molecule has 7 nitrogen and oxygen atoms in total. The molecule has 2 aliphatic heterocycles. The van der Waals surface area contributed by atoms with Gasteiger partial charge in [-0.25, -0.2) is 4.98 Å². The lowest BCUT2D eigenvalue weighted by Crippen LogP contribution is -2.73. The van der Waals surface area contributed by atoms with Crippen LogP contribution in [-0.4, -0.2) is 64.4 Å². The van der Waals surface area contributed by atoms with Crippen molar-refractivity contribution in [2.75, 3.05) is 13.2 Å². The summed E-state index contributed by atoms with van der Waals surface area (Å²) >= 11 is 1.72. The van der Waals surface area contributed by atoms with Gasteiger partial charge in [-0.3, -0.25) is 9.69 Å². The molecule has 4 aliphatic rings. The normalized spacial score (nSPS) is 33.3. The van der Waals surface area contributed by atoms with Gasteiger partial charge in [-0.2, -0.15) is 0 Å². The Kier molecular flexibility index (Phi) is 4.94. The average Bonchev–Trinajstić information content (AvgIpc) is 3.31. The molecule has 31 heavy (non-hydrogen) atoms. The number of fused-ring (bicyclic) bond motifs is 4. The van der Waals surface area contributed by atoms with Gasteiger partial charge in [0.1, 0.15) is 16.7 Å². The second-order valence-corrected chi connectivity index (χ2v) is 10.6. The van der Waals surface area contributed by atoms with Gasteiger partial charge in [0.2, 0.25) is 5.91 Å². The van der Waals surface area contributed by atoms with Crippen LogP contribution >= 0.6 is 11.3 Å². The molecular weight excluding hydrogens is 414 g/mol. The van der Waals surface area contributed by atoms with Crippen molar-refractivity contribution >= 4 is 27.5 Å². The summed E-state index contributed by atoms with van der Waals surface area (Å²) in [5.41, 5.74) is 6.52. The number of amides is 1. The van der Waals surface area contributed by atoms with E-state index >= 15 is 0 Å². The summed E-state index contributed by atoms with van der Waals surface area (Å²) in [6.45, 7) is 2.01. The average molecular weight is 444 g/mol. The number of rotatable bonds is 6. The maximum absolute atomic E-state index is 11.4. The maximum atomic E-state index is 11.4. The fraction of sp³-hybridized carbons (Fsp3) is 0.652. The number of carbonyl (C=O) groups excluding carboxylic acids is 1. The van der Waals surface area contributed by atoms with Gasteiger partial charge in [-0.1, -0.05) is 0 Å². The molecule has 4 atom stereocenters. The van der Waals surface area contributed by atoms with Crippen molar-refractivity contribution in [3.63, 3.8) is 0 Å². The van der Waals surface area contributed by atoms with Crippen LogP contribution in [0.4, 0.5) is 0 Å². The highest BCUT2D eigenvalue weighted by atomic mass is 32.1. The van der Waals surface area contributed by atoms with Crippen molar-refractivity contribution in [1.82, 2.24) is 9.88 Å². The monoisotopic (exact) mass is 443 g/mol. The standard InChI is InChI=1S/C23H29N3O4S/c24-22(28)16(27)9-12-1-6-19-20(12)21-17(7-8-25-23(21)31-19)30-14-4-2-13(3-5-14)26-10-18-15(26)11-29-18/h7-8,12-16,18,27H,1-6,9-11H2,(H2,24,28)/t12-,13?,14?,15-,16+,18-/m1/s1. The number of primary amides is 1. The Morgan fingerprint density at radius 2 is 2.19 bits per heavy atom. The minimum absolute atomic E-state index is 0.123. The number of hydrogen-bond donors (Lipinski definition) is 2. The molecule has 166 valence electrons. The number of carbonyl (C=O) groups is 1. The van der Waals surface area contributed by atoms with Crippen molar-refractivity contribution in [3.8, 4) is 5.75 Å². The van der Waals surface area contributed by atoms with Gasteiger partial charge in [0.15, 0.2) is 0 Å². The fourth-order valence-electron chi connectivity index (χ4n) is 5.95. The molecule has 3 N–H and O–H groups in total. The Morgan fingerprint density at radius 3 is 2.87 bits per heavy atom. The third-order valence-corrected chi connectivity index (χ3v) is 8.94. The number of morpholine rings is 1. The van der Waals surface area contributed by atoms with E-state index in [4.69, 9.17) is 15.2 Å². The molecule has 2 aromatic rings. The number of nitrogens with zero attached hydrogens (tertiary/aromatic N) is 2. The predicted molar refractivity (Wildman–Crippen MR) is 117 cm³/mol. The smallest absolute Gasteiger partial charge is 0.246 e. The number of likely N-dealkylation sites (tertiary alicyclic amines) is 1. The minimum atomic E-state index is -1.11. The van der Waals surface area contributed by atoms with E-state index in [0.29, 0.717) is 24.6 Å². The first-order valence-corrected chi connectivity index (χ1v) is 12.3. The van der Waals surface area contributed by atoms with E-state index in [-0.39, 0.29) is 12.0 Å². The van der Waals surface area contributed by atoms with Crippen LogP contribution in [0.5, 0.6) is 5.75 Å². The molecule has 2 saturated heterocycles. The number of hydrogen-bond acceptors (Lipinski definition) is 7. The number of thiophene rings is 1. The Morgan fingerprint density at radius 1 is 1.35 bits per heavy atom. The Balaban J connectivity index is 1.18. The first-order valence-electron chi connectivity index (χ1n) is 11.5. The third kappa shape index (κ3) is 3.35. The first kappa shape index (κ1) is 19.9. The van der Waals surface area contributed by atoms with E-state index in [2.05, 4.69) is 9.88 Å². The van der Waals surface area contributed by atoms with Gasteiger partial charge in [-0.15, -0.1) is 11.3 Å².